The Hall–Kier alpha value is -3.67. The van der Waals surface area contributed by atoms with E-state index in [2.05, 4.69) is 10.6 Å². The summed E-state index contributed by atoms with van der Waals surface area (Å²) in [4.78, 5) is 24.5. The number of carbonyl (C=O) groups is 2. The van der Waals surface area contributed by atoms with Crippen molar-refractivity contribution in [2.24, 2.45) is 0 Å². The van der Waals surface area contributed by atoms with E-state index < -0.39 is 0 Å². The lowest BCUT2D eigenvalue weighted by atomic mass is 10.1. The third kappa shape index (κ3) is 5.65. The smallest absolute Gasteiger partial charge is 0.251 e. The summed E-state index contributed by atoms with van der Waals surface area (Å²) in [6.45, 7) is 0.686. The van der Waals surface area contributed by atoms with Crippen molar-refractivity contribution in [3.63, 3.8) is 0 Å². The van der Waals surface area contributed by atoms with Gasteiger partial charge in [0, 0.05) is 24.2 Å². The van der Waals surface area contributed by atoms with Gasteiger partial charge in [0.2, 0.25) is 0 Å². The van der Waals surface area contributed by atoms with Crippen molar-refractivity contribution in [2.45, 2.75) is 13.1 Å². The highest BCUT2D eigenvalue weighted by atomic mass is 19.1. The summed E-state index contributed by atoms with van der Waals surface area (Å²) in [6.07, 6.45) is 0. The van der Waals surface area contributed by atoms with E-state index in [-0.39, 0.29) is 17.6 Å². The van der Waals surface area contributed by atoms with Crippen LogP contribution in [0.15, 0.2) is 72.8 Å². The van der Waals surface area contributed by atoms with E-state index in [0.717, 1.165) is 16.9 Å². The molecule has 3 rings (SSSR count). The second-order valence-electron chi connectivity index (χ2n) is 6.42. The molecule has 6 heteroatoms. The molecule has 0 heterocycles. The molecular weight excluding hydrogens is 371 g/mol. The van der Waals surface area contributed by atoms with E-state index in [0.29, 0.717) is 24.2 Å². The predicted molar refractivity (Wildman–Crippen MR) is 108 cm³/mol. The van der Waals surface area contributed by atoms with Crippen LogP contribution in [0.5, 0.6) is 5.75 Å². The van der Waals surface area contributed by atoms with Gasteiger partial charge in [-0.15, -0.1) is 0 Å². The number of carbonyl (C=O) groups excluding carboxylic acids is 2. The van der Waals surface area contributed by atoms with Gasteiger partial charge in [0.05, 0.1) is 7.11 Å². The minimum atomic E-state index is -0.319. The van der Waals surface area contributed by atoms with Gasteiger partial charge in [-0.2, -0.15) is 0 Å². The van der Waals surface area contributed by atoms with Gasteiger partial charge in [-0.05, 0) is 59.7 Å². The Kier molecular flexibility index (Phi) is 6.58. The fourth-order valence-electron chi connectivity index (χ4n) is 2.69. The third-order valence-corrected chi connectivity index (χ3v) is 4.39. The van der Waals surface area contributed by atoms with E-state index in [9.17, 15) is 14.0 Å². The fourth-order valence-corrected chi connectivity index (χ4v) is 2.69. The van der Waals surface area contributed by atoms with Crippen molar-refractivity contribution in [1.82, 2.24) is 10.6 Å². The van der Waals surface area contributed by atoms with Gasteiger partial charge in [-0.1, -0.05) is 24.3 Å². The SMILES string of the molecule is COc1ccc(CNC(=O)c2ccc(C(=O)NCc3ccc(F)cc3)cc2)cc1. The standard InChI is InChI=1S/C23H21FN2O3/c1-29-21-12-4-17(5-13-21)15-26-23(28)19-8-6-18(7-9-19)22(27)25-14-16-2-10-20(24)11-3-16/h2-13H,14-15H2,1H3,(H,25,27)(H,26,28). The van der Waals surface area contributed by atoms with Crippen LogP contribution in [-0.2, 0) is 13.1 Å². The molecular formula is C23H21FN2O3. The van der Waals surface area contributed by atoms with Crippen LogP contribution in [0.2, 0.25) is 0 Å². The van der Waals surface area contributed by atoms with Crippen LogP contribution in [0.25, 0.3) is 0 Å². The van der Waals surface area contributed by atoms with Crippen molar-refractivity contribution >= 4 is 11.8 Å². The molecule has 0 bridgehead atoms. The quantitative estimate of drug-likeness (QED) is 0.644. The van der Waals surface area contributed by atoms with Crippen LogP contribution < -0.4 is 15.4 Å². The number of hydrogen-bond donors (Lipinski definition) is 2. The first-order chi connectivity index (χ1) is 14.0. The normalized spacial score (nSPS) is 10.3. The molecule has 0 aliphatic heterocycles. The molecule has 0 atom stereocenters. The lowest BCUT2D eigenvalue weighted by molar-refractivity contribution is 0.0939. The number of amides is 2. The first-order valence-corrected chi connectivity index (χ1v) is 9.09. The monoisotopic (exact) mass is 392 g/mol. The highest BCUT2D eigenvalue weighted by Gasteiger charge is 2.09. The van der Waals surface area contributed by atoms with Crippen molar-refractivity contribution in [3.8, 4) is 5.75 Å². The molecule has 0 aromatic heterocycles. The van der Waals surface area contributed by atoms with Crippen LogP contribution in [0, 0.1) is 5.82 Å². The second kappa shape index (κ2) is 9.50. The van der Waals surface area contributed by atoms with E-state index in [1.807, 2.05) is 24.3 Å². The lowest BCUT2D eigenvalue weighted by Crippen LogP contribution is -2.24. The summed E-state index contributed by atoms with van der Waals surface area (Å²) in [6, 6.07) is 19.8. The molecule has 148 valence electrons. The summed E-state index contributed by atoms with van der Waals surface area (Å²) >= 11 is 0. The summed E-state index contributed by atoms with van der Waals surface area (Å²) in [5.74, 6) is -0.0482. The van der Waals surface area contributed by atoms with Gasteiger partial charge in [0.15, 0.2) is 0 Å². The maximum Gasteiger partial charge on any atom is 0.251 e. The summed E-state index contributed by atoms with van der Waals surface area (Å²) in [5.41, 5.74) is 2.66. The van der Waals surface area contributed by atoms with Gasteiger partial charge in [-0.3, -0.25) is 9.59 Å². The Bertz CT molecular complexity index is 969. The van der Waals surface area contributed by atoms with Crippen molar-refractivity contribution < 1.29 is 18.7 Å². The molecule has 0 saturated heterocycles. The number of halogens is 1. The number of hydrogen-bond acceptors (Lipinski definition) is 3. The lowest BCUT2D eigenvalue weighted by Gasteiger charge is -2.08. The maximum absolute atomic E-state index is 12.9. The van der Waals surface area contributed by atoms with E-state index >= 15 is 0 Å². The largest absolute Gasteiger partial charge is 0.497 e. The Morgan fingerprint density at radius 3 is 1.55 bits per heavy atom. The second-order valence-corrected chi connectivity index (χ2v) is 6.42. The minimum Gasteiger partial charge on any atom is -0.497 e. The summed E-state index contributed by atoms with van der Waals surface area (Å²) in [5, 5.41) is 5.61. The highest BCUT2D eigenvalue weighted by Crippen LogP contribution is 2.11. The van der Waals surface area contributed by atoms with Gasteiger partial charge in [0.25, 0.3) is 11.8 Å². The molecule has 29 heavy (non-hydrogen) atoms. The zero-order valence-corrected chi connectivity index (χ0v) is 15.9. The van der Waals surface area contributed by atoms with Crippen LogP contribution >= 0.6 is 0 Å². The molecule has 0 saturated carbocycles. The van der Waals surface area contributed by atoms with Crippen molar-refractivity contribution in [3.05, 3.63) is 101 Å². The Morgan fingerprint density at radius 1 is 0.724 bits per heavy atom. The molecule has 0 spiro atoms. The average molecular weight is 392 g/mol. The van der Waals surface area contributed by atoms with Crippen LogP contribution in [0.3, 0.4) is 0 Å². The van der Waals surface area contributed by atoms with Crippen LogP contribution in [-0.4, -0.2) is 18.9 Å². The van der Waals surface area contributed by atoms with Gasteiger partial charge in [-0.25, -0.2) is 4.39 Å². The fraction of sp³-hybridized carbons (Fsp3) is 0.130. The highest BCUT2D eigenvalue weighted by molar-refractivity contribution is 5.97. The van der Waals surface area contributed by atoms with Gasteiger partial charge >= 0.3 is 0 Å². The number of rotatable bonds is 7. The maximum atomic E-state index is 12.9. The predicted octanol–water partition coefficient (Wildman–Crippen LogP) is 3.69. The molecule has 0 radical (unpaired) electrons. The third-order valence-electron chi connectivity index (χ3n) is 4.39. The first kappa shape index (κ1) is 20.1. The molecule has 3 aromatic rings. The van der Waals surface area contributed by atoms with Gasteiger partial charge < -0.3 is 15.4 Å². The molecule has 0 aliphatic carbocycles. The zero-order valence-electron chi connectivity index (χ0n) is 15.9. The molecule has 0 unspecified atom stereocenters. The Balaban J connectivity index is 1.52. The van der Waals surface area contributed by atoms with Crippen LogP contribution in [0.1, 0.15) is 31.8 Å². The van der Waals surface area contributed by atoms with E-state index in [1.165, 1.54) is 12.1 Å². The van der Waals surface area contributed by atoms with Crippen LogP contribution in [0.4, 0.5) is 4.39 Å². The van der Waals surface area contributed by atoms with E-state index in [1.54, 1.807) is 43.5 Å². The number of benzene rings is 3. The van der Waals surface area contributed by atoms with Gasteiger partial charge in [0.1, 0.15) is 11.6 Å². The molecule has 5 nitrogen and oxygen atoms in total. The first-order valence-electron chi connectivity index (χ1n) is 9.09. The number of methoxy groups -OCH3 is 1. The van der Waals surface area contributed by atoms with Crippen molar-refractivity contribution in [2.75, 3.05) is 7.11 Å². The number of ether oxygens (including phenoxy) is 1. The average Bonchev–Trinajstić information content (AvgIpc) is 2.77. The molecule has 2 amide bonds. The molecule has 3 aromatic carbocycles. The van der Waals surface area contributed by atoms with Crippen molar-refractivity contribution in [1.29, 1.82) is 0 Å². The minimum absolute atomic E-state index is 0.223. The Morgan fingerprint density at radius 2 is 1.14 bits per heavy atom. The molecule has 2 N–H and O–H groups in total. The molecule has 0 aliphatic rings. The topological polar surface area (TPSA) is 67.4 Å². The summed E-state index contributed by atoms with van der Waals surface area (Å²) < 4.78 is 18.0. The summed E-state index contributed by atoms with van der Waals surface area (Å²) in [7, 11) is 1.60. The van der Waals surface area contributed by atoms with E-state index in [4.69, 9.17) is 4.74 Å². The zero-order chi connectivity index (χ0) is 20.6. The number of nitrogens with one attached hydrogen (secondary N) is 2. The Labute approximate surface area is 168 Å². The molecule has 0 fully saturated rings.